The van der Waals surface area contributed by atoms with E-state index in [2.05, 4.69) is 4.98 Å². The third-order valence-corrected chi connectivity index (χ3v) is 4.93. The fraction of sp³-hybridized carbons (Fsp3) is 0.118. The van der Waals surface area contributed by atoms with E-state index >= 15 is 0 Å². The van der Waals surface area contributed by atoms with Crippen molar-refractivity contribution in [3.8, 4) is 22.4 Å². The van der Waals surface area contributed by atoms with Gasteiger partial charge in [0.1, 0.15) is 5.69 Å². The van der Waals surface area contributed by atoms with Crippen molar-refractivity contribution in [2.45, 2.75) is 12.6 Å². The van der Waals surface area contributed by atoms with Gasteiger partial charge in [0, 0.05) is 12.0 Å². The lowest BCUT2D eigenvalue weighted by Crippen LogP contribution is -2.06. The Morgan fingerprint density at radius 3 is 2.61 bits per heavy atom. The summed E-state index contributed by atoms with van der Waals surface area (Å²) in [5.41, 5.74) is 9.72. The second-order valence-electron chi connectivity index (χ2n) is 5.52. The summed E-state index contributed by atoms with van der Waals surface area (Å²) in [6.07, 6.45) is -3.57. The van der Waals surface area contributed by atoms with Gasteiger partial charge in [-0.3, -0.25) is 5.73 Å². The van der Waals surface area contributed by atoms with Gasteiger partial charge in [0.2, 0.25) is 0 Å². The van der Waals surface area contributed by atoms with E-state index in [0.717, 1.165) is 34.9 Å². The van der Waals surface area contributed by atoms with Gasteiger partial charge < -0.3 is 0 Å². The third-order valence-electron chi connectivity index (χ3n) is 4.01. The molecule has 1 aliphatic rings. The van der Waals surface area contributed by atoms with E-state index in [-0.39, 0.29) is 0 Å². The Balaban J connectivity index is 1.76. The van der Waals surface area contributed by atoms with Crippen LogP contribution in [0.1, 0.15) is 16.0 Å². The van der Waals surface area contributed by atoms with Crippen LogP contribution in [0.25, 0.3) is 22.4 Å². The molecule has 4 rings (SSSR count). The topological polar surface area (TPSA) is 40.2 Å². The van der Waals surface area contributed by atoms with E-state index in [0.29, 0.717) is 10.7 Å². The molecule has 0 amide bonds. The number of aromatic nitrogens is 1. The molecule has 0 unspecified atom stereocenters. The van der Waals surface area contributed by atoms with Crippen LogP contribution in [-0.2, 0) is 12.6 Å². The summed E-state index contributed by atoms with van der Waals surface area (Å²) in [6, 6.07) is 11.2. The summed E-state index contributed by atoms with van der Waals surface area (Å²) in [6.45, 7) is 0. The van der Waals surface area contributed by atoms with Gasteiger partial charge in [-0.15, -0.1) is 0 Å². The molecule has 0 radical (unpaired) electrons. The van der Waals surface area contributed by atoms with Crippen LogP contribution >= 0.6 is 11.3 Å². The Hall–Kier alpha value is -2.34. The van der Waals surface area contributed by atoms with Crippen molar-refractivity contribution in [1.29, 1.82) is 0 Å². The molecule has 3 aromatic rings. The first-order valence-electron chi connectivity index (χ1n) is 7.03. The Kier molecular flexibility index (Phi) is 2.99. The highest BCUT2D eigenvalue weighted by Crippen LogP contribution is 2.40. The SMILES string of the molecule is Nc1[nH+]c2c(s1)Cc1cc(-c3cccc(C(F)(F)F)c3)ccc1-2. The number of nitrogen functional groups attached to an aromatic ring is 1. The molecule has 1 aliphatic carbocycles. The standard InChI is InChI=1S/C17H11F3N2S/c18-17(19,20)12-3-1-2-9(7-12)10-4-5-13-11(6-10)8-14-15(13)22-16(21)23-14/h1-7H,8H2,(H2,21,22)/p+1. The molecular formula is C17H12F3N2S+. The first-order chi connectivity index (χ1) is 10.9. The van der Waals surface area contributed by atoms with Crippen LogP contribution in [0.5, 0.6) is 0 Å². The van der Waals surface area contributed by atoms with Crippen LogP contribution in [-0.4, -0.2) is 0 Å². The highest BCUT2D eigenvalue weighted by Gasteiger charge is 2.31. The zero-order chi connectivity index (χ0) is 16.2. The normalized spacial score (nSPS) is 13.0. The van der Waals surface area contributed by atoms with Crippen LogP contribution in [0.15, 0.2) is 42.5 Å². The fourth-order valence-corrected chi connectivity index (χ4v) is 3.86. The minimum atomic E-state index is -4.33. The van der Waals surface area contributed by atoms with Gasteiger partial charge >= 0.3 is 11.3 Å². The predicted molar refractivity (Wildman–Crippen MR) is 84.0 cm³/mol. The second-order valence-corrected chi connectivity index (χ2v) is 6.65. The molecule has 23 heavy (non-hydrogen) atoms. The fourth-order valence-electron chi connectivity index (χ4n) is 2.96. The van der Waals surface area contributed by atoms with Crippen molar-refractivity contribution in [3.63, 3.8) is 0 Å². The van der Waals surface area contributed by atoms with Crippen molar-refractivity contribution < 1.29 is 18.2 Å². The van der Waals surface area contributed by atoms with E-state index in [1.807, 2.05) is 18.2 Å². The van der Waals surface area contributed by atoms with E-state index in [4.69, 9.17) is 5.73 Å². The average Bonchev–Trinajstić information content (AvgIpc) is 3.01. The molecule has 0 saturated heterocycles. The molecule has 0 saturated carbocycles. The molecule has 6 heteroatoms. The van der Waals surface area contributed by atoms with Crippen LogP contribution < -0.4 is 10.7 Å². The van der Waals surface area contributed by atoms with Crippen LogP contribution in [0.3, 0.4) is 0 Å². The lowest BCUT2D eigenvalue weighted by atomic mass is 9.98. The summed E-state index contributed by atoms with van der Waals surface area (Å²) in [7, 11) is 0. The molecule has 0 fully saturated rings. The quantitative estimate of drug-likeness (QED) is 0.551. The number of thiazole rings is 1. The summed E-state index contributed by atoms with van der Waals surface area (Å²) < 4.78 is 38.6. The molecule has 116 valence electrons. The van der Waals surface area contributed by atoms with E-state index in [1.54, 1.807) is 6.07 Å². The minimum Gasteiger partial charge on any atom is -0.278 e. The molecular weight excluding hydrogens is 321 g/mol. The summed E-state index contributed by atoms with van der Waals surface area (Å²) >= 11 is 1.51. The van der Waals surface area contributed by atoms with Crippen LogP contribution in [0, 0.1) is 0 Å². The Bertz CT molecular complexity index is 912. The van der Waals surface area contributed by atoms with Gasteiger partial charge in [-0.2, -0.15) is 13.2 Å². The van der Waals surface area contributed by atoms with Gasteiger partial charge in [0.05, 0.1) is 10.4 Å². The smallest absolute Gasteiger partial charge is 0.278 e. The number of nitrogens with one attached hydrogen (secondary N) is 1. The Morgan fingerprint density at radius 1 is 1.04 bits per heavy atom. The molecule has 1 heterocycles. The van der Waals surface area contributed by atoms with Gasteiger partial charge in [-0.25, -0.2) is 4.98 Å². The number of alkyl halides is 3. The second kappa shape index (κ2) is 4.83. The minimum absolute atomic E-state index is 0.571. The number of hydrogen-bond acceptors (Lipinski definition) is 2. The zero-order valence-corrected chi connectivity index (χ0v) is 12.7. The van der Waals surface area contributed by atoms with Crippen molar-refractivity contribution in [2.24, 2.45) is 0 Å². The lowest BCUT2D eigenvalue weighted by molar-refractivity contribution is -0.340. The maximum Gasteiger partial charge on any atom is 0.416 e. The van der Waals surface area contributed by atoms with Gasteiger partial charge in [0.15, 0.2) is 0 Å². The Morgan fingerprint density at radius 2 is 1.83 bits per heavy atom. The zero-order valence-electron chi connectivity index (χ0n) is 11.9. The number of fused-ring (bicyclic) bond motifs is 3. The van der Waals surface area contributed by atoms with Crippen molar-refractivity contribution >= 4 is 16.5 Å². The summed E-state index contributed by atoms with van der Waals surface area (Å²) in [5, 5.41) is 0.669. The number of hydrogen-bond donors (Lipinski definition) is 1. The number of benzene rings is 2. The van der Waals surface area contributed by atoms with Crippen molar-refractivity contribution in [2.75, 3.05) is 5.73 Å². The average molecular weight is 333 g/mol. The molecule has 0 spiro atoms. The predicted octanol–water partition coefficient (Wildman–Crippen LogP) is 4.40. The first kappa shape index (κ1) is 14.3. The van der Waals surface area contributed by atoms with Crippen molar-refractivity contribution in [3.05, 3.63) is 58.5 Å². The highest BCUT2D eigenvalue weighted by atomic mass is 32.1. The number of H-pyrrole nitrogens is 1. The summed E-state index contributed by atoms with van der Waals surface area (Å²) in [5.74, 6) is 0. The van der Waals surface area contributed by atoms with Gasteiger partial charge in [0.25, 0.3) is 0 Å². The Labute approximate surface area is 134 Å². The molecule has 0 atom stereocenters. The molecule has 3 N–H and O–H groups in total. The number of nitrogens with two attached hydrogens (primary N) is 1. The third kappa shape index (κ3) is 2.39. The molecule has 2 nitrogen and oxygen atoms in total. The number of rotatable bonds is 1. The molecule has 0 bridgehead atoms. The largest absolute Gasteiger partial charge is 0.416 e. The van der Waals surface area contributed by atoms with Crippen LogP contribution in [0.4, 0.5) is 18.3 Å². The summed E-state index contributed by atoms with van der Waals surface area (Å²) in [4.78, 5) is 4.31. The van der Waals surface area contributed by atoms with Gasteiger partial charge in [-0.1, -0.05) is 35.6 Å². The number of anilines is 1. The highest BCUT2D eigenvalue weighted by molar-refractivity contribution is 7.15. The molecule has 0 aliphatic heterocycles. The van der Waals surface area contributed by atoms with Gasteiger partial charge in [-0.05, 0) is 34.9 Å². The monoisotopic (exact) mass is 333 g/mol. The maximum atomic E-state index is 12.9. The van der Waals surface area contributed by atoms with E-state index in [1.165, 1.54) is 28.3 Å². The first-order valence-corrected chi connectivity index (χ1v) is 7.85. The molecule has 2 aromatic carbocycles. The number of aromatic amines is 1. The van der Waals surface area contributed by atoms with E-state index < -0.39 is 11.7 Å². The van der Waals surface area contributed by atoms with E-state index in [9.17, 15) is 13.2 Å². The van der Waals surface area contributed by atoms with Crippen molar-refractivity contribution in [1.82, 2.24) is 0 Å². The lowest BCUT2D eigenvalue weighted by Gasteiger charge is -2.10. The molecule has 1 aromatic heterocycles. The number of halogens is 3. The maximum absolute atomic E-state index is 12.9. The van der Waals surface area contributed by atoms with Crippen LogP contribution in [0.2, 0.25) is 0 Å².